The van der Waals surface area contributed by atoms with Crippen molar-refractivity contribution < 1.29 is 19.4 Å². The number of aliphatic hydroxyl groups excluding tert-OH is 1. The Balaban J connectivity index is 1.76. The van der Waals surface area contributed by atoms with Gasteiger partial charge in [-0.05, 0) is 36.1 Å². The Kier molecular flexibility index (Phi) is 6.35. The molecule has 0 spiro atoms. The summed E-state index contributed by atoms with van der Waals surface area (Å²) in [5.74, 6) is 1.22. The van der Waals surface area contributed by atoms with Crippen molar-refractivity contribution in [2.24, 2.45) is 0 Å². The van der Waals surface area contributed by atoms with Crippen molar-refractivity contribution in [3.8, 4) is 11.5 Å². The van der Waals surface area contributed by atoms with Gasteiger partial charge in [-0.25, -0.2) is 0 Å². The predicted molar refractivity (Wildman–Crippen MR) is 104 cm³/mol. The first kappa shape index (κ1) is 19.2. The van der Waals surface area contributed by atoms with Crippen LogP contribution in [0.1, 0.15) is 48.8 Å². The van der Waals surface area contributed by atoms with E-state index in [0.717, 1.165) is 31.2 Å². The lowest BCUT2D eigenvalue weighted by Crippen LogP contribution is -2.43. The van der Waals surface area contributed by atoms with Gasteiger partial charge in [0.05, 0.1) is 14.2 Å². The second-order valence-corrected chi connectivity index (χ2v) is 6.93. The molecule has 0 radical (unpaired) electrons. The van der Waals surface area contributed by atoms with Crippen LogP contribution in [0.4, 0.5) is 0 Å². The summed E-state index contributed by atoms with van der Waals surface area (Å²) in [6.07, 6.45) is 2.91. The average molecular weight is 369 g/mol. The Hall–Kier alpha value is -2.53. The van der Waals surface area contributed by atoms with Crippen molar-refractivity contribution in [3.05, 3.63) is 59.7 Å². The smallest absolute Gasteiger partial charge is 0.253 e. The van der Waals surface area contributed by atoms with Gasteiger partial charge in [0.15, 0.2) is 17.6 Å². The fourth-order valence-electron chi connectivity index (χ4n) is 3.83. The van der Waals surface area contributed by atoms with Crippen LogP contribution >= 0.6 is 0 Å². The van der Waals surface area contributed by atoms with Gasteiger partial charge < -0.3 is 19.9 Å². The molecule has 0 aliphatic heterocycles. The summed E-state index contributed by atoms with van der Waals surface area (Å²) in [4.78, 5) is 12.6. The van der Waals surface area contributed by atoms with Crippen LogP contribution < -0.4 is 14.8 Å². The SMILES string of the molecule is COc1ccc([C@H]2CCCC[C@@H]2NC(=O)C(O)c2ccccc2)cc1OC. The van der Waals surface area contributed by atoms with E-state index in [1.54, 1.807) is 26.4 Å². The molecule has 1 fully saturated rings. The Morgan fingerprint density at radius 3 is 2.44 bits per heavy atom. The van der Waals surface area contributed by atoms with Crippen molar-refractivity contribution >= 4 is 5.91 Å². The zero-order chi connectivity index (χ0) is 19.2. The summed E-state index contributed by atoms with van der Waals surface area (Å²) in [7, 11) is 3.24. The maximum absolute atomic E-state index is 12.6. The van der Waals surface area contributed by atoms with Crippen LogP contribution in [0, 0.1) is 0 Å². The van der Waals surface area contributed by atoms with E-state index in [4.69, 9.17) is 9.47 Å². The molecule has 5 heteroatoms. The Morgan fingerprint density at radius 1 is 1.04 bits per heavy atom. The lowest BCUT2D eigenvalue weighted by Gasteiger charge is -2.33. The number of aliphatic hydroxyl groups is 1. The third kappa shape index (κ3) is 4.42. The molecule has 5 nitrogen and oxygen atoms in total. The highest BCUT2D eigenvalue weighted by atomic mass is 16.5. The van der Waals surface area contributed by atoms with Gasteiger partial charge in [0.25, 0.3) is 5.91 Å². The normalized spacial score (nSPS) is 20.6. The fourth-order valence-corrected chi connectivity index (χ4v) is 3.83. The molecule has 2 N–H and O–H groups in total. The summed E-state index contributed by atoms with van der Waals surface area (Å²) in [6.45, 7) is 0. The highest BCUT2D eigenvalue weighted by Crippen LogP contribution is 2.37. The monoisotopic (exact) mass is 369 g/mol. The molecule has 0 saturated heterocycles. The van der Waals surface area contributed by atoms with Gasteiger partial charge in [-0.1, -0.05) is 49.2 Å². The fraction of sp³-hybridized carbons (Fsp3) is 0.409. The van der Waals surface area contributed by atoms with Gasteiger partial charge in [0.2, 0.25) is 0 Å². The minimum absolute atomic E-state index is 0.0114. The summed E-state index contributed by atoms with van der Waals surface area (Å²) in [6, 6.07) is 14.9. The van der Waals surface area contributed by atoms with E-state index in [9.17, 15) is 9.90 Å². The van der Waals surface area contributed by atoms with Crippen molar-refractivity contribution in [3.63, 3.8) is 0 Å². The number of hydrogen-bond donors (Lipinski definition) is 2. The zero-order valence-electron chi connectivity index (χ0n) is 15.9. The number of hydrogen-bond acceptors (Lipinski definition) is 4. The van der Waals surface area contributed by atoms with Crippen LogP contribution in [-0.4, -0.2) is 31.3 Å². The molecule has 2 aromatic rings. The first-order valence-corrected chi connectivity index (χ1v) is 9.39. The van der Waals surface area contributed by atoms with Gasteiger partial charge in [-0.15, -0.1) is 0 Å². The molecule has 27 heavy (non-hydrogen) atoms. The van der Waals surface area contributed by atoms with Gasteiger partial charge in [0, 0.05) is 12.0 Å². The van der Waals surface area contributed by atoms with Crippen molar-refractivity contribution in [2.45, 2.75) is 43.7 Å². The van der Waals surface area contributed by atoms with Crippen molar-refractivity contribution in [1.29, 1.82) is 0 Å². The molecular weight excluding hydrogens is 342 g/mol. The number of carbonyl (C=O) groups is 1. The summed E-state index contributed by atoms with van der Waals surface area (Å²) >= 11 is 0. The Bertz CT molecular complexity index is 762. The molecule has 2 aromatic carbocycles. The average Bonchev–Trinajstić information content (AvgIpc) is 2.73. The van der Waals surface area contributed by atoms with E-state index in [0.29, 0.717) is 17.1 Å². The minimum Gasteiger partial charge on any atom is -0.493 e. The third-order valence-corrected chi connectivity index (χ3v) is 5.29. The number of nitrogens with one attached hydrogen (secondary N) is 1. The molecule has 144 valence electrons. The number of ether oxygens (including phenoxy) is 2. The second kappa shape index (κ2) is 8.91. The number of amides is 1. The third-order valence-electron chi connectivity index (χ3n) is 5.29. The van der Waals surface area contributed by atoms with Crippen LogP contribution in [0.5, 0.6) is 11.5 Å². The second-order valence-electron chi connectivity index (χ2n) is 6.93. The maximum atomic E-state index is 12.6. The molecule has 0 aromatic heterocycles. The quantitative estimate of drug-likeness (QED) is 0.817. The van der Waals surface area contributed by atoms with E-state index in [2.05, 4.69) is 5.32 Å². The number of benzene rings is 2. The lowest BCUT2D eigenvalue weighted by molar-refractivity contribution is -0.130. The van der Waals surface area contributed by atoms with Crippen LogP contribution in [0.25, 0.3) is 0 Å². The number of methoxy groups -OCH3 is 2. The topological polar surface area (TPSA) is 67.8 Å². The van der Waals surface area contributed by atoms with Gasteiger partial charge >= 0.3 is 0 Å². The standard InChI is InChI=1S/C22H27NO4/c1-26-19-13-12-16(14-20(19)27-2)17-10-6-7-11-18(17)23-22(25)21(24)15-8-4-3-5-9-15/h3-5,8-9,12-14,17-18,21,24H,6-7,10-11H2,1-2H3,(H,23,25)/t17-,18+,21?/m1/s1. The molecular formula is C22H27NO4. The molecule has 1 amide bonds. The molecule has 0 bridgehead atoms. The van der Waals surface area contributed by atoms with Crippen molar-refractivity contribution in [2.75, 3.05) is 14.2 Å². The first-order valence-electron chi connectivity index (χ1n) is 9.39. The molecule has 1 aliphatic rings. The lowest BCUT2D eigenvalue weighted by atomic mass is 9.79. The number of rotatable bonds is 6. The van der Waals surface area contributed by atoms with E-state index < -0.39 is 6.10 Å². The van der Waals surface area contributed by atoms with E-state index in [-0.39, 0.29) is 17.9 Å². The Labute approximate surface area is 160 Å². The van der Waals surface area contributed by atoms with Crippen LogP contribution in [0.15, 0.2) is 48.5 Å². The van der Waals surface area contributed by atoms with Gasteiger partial charge in [0.1, 0.15) is 0 Å². The van der Waals surface area contributed by atoms with Crippen LogP contribution in [-0.2, 0) is 4.79 Å². The van der Waals surface area contributed by atoms with E-state index >= 15 is 0 Å². The summed E-state index contributed by atoms with van der Waals surface area (Å²) in [5, 5.41) is 13.4. The number of carbonyl (C=O) groups excluding carboxylic acids is 1. The van der Waals surface area contributed by atoms with E-state index in [1.165, 1.54) is 0 Å². The van der Waals surface area contributed by atoms with Crippen LogP contribution in [0.2, 0.25) is 0 Å². The van der Waals surface area contributed by atoms with E-state index in [1.807, 2.05) is 36.4 Å². The Morgan fingerprint density at radius 2 is 1.74 bits per heavy atom. The molecule has 3 atom stereocenters. The highest BCUT2D eigenvalue weighted by molar-refractivity contribution is 5.82. The summed E-state index contributed by atoms with van der Waals surface area (Å²) in [5.41, 5.74) is 1.72. The maximum Gasteiger partial charge on any atom is 0.253 e. The van der Waals surface area contributed by atoms with Crippen LogP contribution in [0.3, 0.4) is 0 Å². The van der Waals surface area contributed by atoms with Gasteiger partial charge in [-0.2, -0.15) is 0 Å². The molecule has 0 heterocycles. The molecule has 3 rings (SSSR count). The van der Waals surface area contributed by atoms with Gasteiger partial charge in [-0.3, -0.25) is 4.79 Å². The molecule has 1 saturated carbocycles. The summed E-state index contributed by atoms with van der Waals surface area (Å²) < 4.78 is 10.8. The largest absolute Gasteiger partial charge is 0.493 e. The highest BCUT2D eigenvalue weighted by Gasteiger charge is 2.30. The minimum atomic E-state index is -1.15. The molecule has 1 aliphatic carbocycles. The predicted octanol–water partition coefficient (Wildman–Crippen LogP) is 3.58. The van der Waals surface area contributed by atoms with Crippen molar-refractivity contribution in [1.82, 2.24) is 5.32 Å². The zero-order valence-corrected chi connectivity index (χ0v) is 15.9. The molecule has 1 unspecified atom stereocenters. The first-order chi connectivity index (χ1) is 13.1.